The largest absolute Gasteiger partial charge is 0.396 e. The lowest BCUT2D eigenvalue weighted by Crippen LogP contribution is -2.13. The first-order valence-corrected chi connectivity index (χ1v) is 5.74. The van der Waals surface area contributed by atoms with Crippen LogP contribution >= 0.6 is 0 Å². The van der Waals surface area contributed by atoms with Gasteiger partial charge in [-0.15, -0.1) is 10.2 Å². The predicted molar refractivity (Wildman–Crippen MR) is 68.8 cm³/mol. The molecule has 3 rings (SSSR count). The van der Waals surface area contributed by atoms with Crippen LogP contribution in [0.25, 0.3) is 5.65 Å². The van der Waals surface area contributed by atoms with Crippen LogP contribution in [0.3, 0.4) is 0 Å². The lowest BCUT2D eigenvalue weighted by Gasteiger charge is -2.01. The lowest BCUT2D eigenvalue weighted by atomic mass is 10.2. The van der Waals surface area contributed by atoms with E-state index in [1.165, 1.54) is 10.9 Å². The lowest BCUT2D eigenvalue weighted by molar-refractivity contribution is 0.0944. The van der Waals surface area contributed by atoms with Gasteiger partial charge in [0.15, 0.2) is 5.65 Å². The maximum Gasteiger partial charge on any atom is 0.278 e. The average Bonchev–Trinajstić information content (AvgIpc) is 2.93. The molecule has 0 saturated carbocycles. The molecular formula is C12H12N6O. The molecule has 7 nitrogen and oxygen atoms in total. The predicted octanol–water partition coefficient (Wildman–Crippen LogP) is 0.813. The summed E-state index contributed by atoms with van der Waals surface area (Å²) in [5, 5.41) is 12.0. The molecule has 0 atom stereocenters. The third-order valence-corrected chi connectivity index (χ3v) is 2.97. The van der Waals surface area contributed by atoms with Gasteiger partial charge < -0.3 is 5.73 Å². The van der Waals surface area contributed by atoms with Crippen molar-refractivity contribution in [2.24, 2.45) is 0 Å². The van der Waals surface area contributed by atoms with E-state index in [1.807, 2.05) is 6.92 Å². The van der Waals surface area contributed by atoms with Crippen LogP contribution in [-0.2, 0) is 0 Å². The van der Waals surface area contributed by atoms with E-state index in [2.05, 4.69) is 15.3 Å². The molecule has 0 aromatic carbocycles. The first-order chi connectivity index (χ1) is 9.06. The molecule has 2 N–H and O–H groups in total. The van der Waals surface area contributed by atoms with Gasteiger partial charge in [0.05, 0.1) is 17.6 Å². The van der Waals surface area contributed by atoms with Gasteiger partial charge in [-0.2, -0.15) is 5.10 Å². The van der Waals surface area contributed by atoms with Gasteiger partial charge in [0.25, 0.3) is 5.91 Å². The number of carbonyl (C=O) groups excluding carboxylic acids is 1. The van der Waals surface area contributed by atoms with Crippen molar-refractivity contribution in [3.63, 3.8) is 0 Å². The van der Waals surface area contributed by atoms with Crippen molar-refractivity contribution < 1.29 is 4.79 Å². The summed E-state index contributed by atoms with van der Waals surface area (Å²) < 4.78 is 3.04. The molecule has 3 aromatic heterocycles. The molecule has 0 spiro atoms. The number of nitrogen functional groups attached to an aromatic ring is 1. The summed E-state index contributed by atoms with van der Waals surface area (Å²) in [4.78, 5) is 12.2. The van der Waals surface area contributed by atoms with Gasteiger partial charge in [-0.1, -0.05) is 0 Å². The minimum absolute atomic E-state index is 0.247. The quantitative estimate of drug-likeness (QED) is 0.695. The van der Waals surface area contributed by atoms with Gasteiger partial charge in [0.2, 0.25) is 0 Å². The number of carbonyl (C=O) groups is 1. The van der Waals surface area contributed by atoms with Gasteiger partial charge in [-0.25, -0.2) is 4.68 Å². The number of nitrogens with two attached hydrogens (primary N) is 1. The van der Waals surface area contributed by atoms with Gasteiger partial charge >= 0.3 is 0 Å². The number of rotatable bonds is 1. The molecule has 3 heterocycles. The van der Waals surface area contributed by atoms with Crippen molar-refractivity contribution in [2.75, 3.05) is 5.73 Å². The van der Waals surface area contributed by atoms with Crippen molar-refractivity contribution in [3.05, 3.63) is 41.6 Å². The SMILES string of the molecule is Cc1nn(C(=O)c2ccn3c(C)nnc3c2)cc1N. The molecule has 7 heteroatoms. The Kier molecular flexibility index (Phi) is 2.34. The smallest absolute Gasteiger partial charge is 0.278 e. The Morgan fingerprint density at radius 2 is 2.11 bits per heavy atom. The normalized spacial score (nSPS) is 11.1. The molecule has 0 aliphatic carbocycles. The summed E-state index contributed by atoms with van der Waals surface area (Å²) in [6.45, 7) is 3.60. The van der Waals surface area contributed by atoms with Crippen molar-refractivity contribution >= 4 is 17.2 Å². The van der Waals surface area contributed by atoms with E-state index < -0.39 is 0 Å². The zero-order valence-electron chi connectivity index (χ0n) is 10.5. The Hall–Kier alpha value is -2.70. The van der Waals surface area contributed by atoms with E-state index in [4.69, 9.17) is 5.73 Å². The maximum atomic E-state index is 12.2. The number of fused-ring (bicyclic) bond motifs is 1. The minimum Gasteiger partial charge on any atom is -0.396 e. The molecule has 19 heavy (non-hydrogen) atoms. The minimum atomic E-state index is -0.247. The van der Waals surface area contributed by atoms with E-state index in [9.17, 15) is 4.79 Å². The van der Waals surface area contributed by atoms with Gasteiger partial charge in [0.1, 0.15) is 5.82 Å². The fourth-order valence-corrected chi connectivity index (χ4v) is 1.85. The Labute approximate surface area is 108 Å². The van der Waals surface area contributed by atoms with E-state index >= 15 is 0 Å². The second kappa shape index (κ2) is 3.91. The Balaban J connectivity index is 2.06. The number of nitrogens with zero attached hydrogens (tertiary/aromatic N) is 5. The molecule has 0 aliphatic rings. The fourth-order valence-electron chi connectivity index (χ4n) is 1.85. The second-order valence-electron chi connectivity index (χ2n) is 4.31. The van der Waals surface area contributed by atoms with Gasteiger partial charge in [0, 0.05) is 11.8 Å². The van der Waals surface area contributed by atoms with Crippen LogP contribution in [0.4, 0.5) is 5.69 Å². The average molecular weight is 256 g/mol. The highest BCUT2D eigenvalue weighted by Crippen LogP contribution is 2.11. The van der Waals surface area contributed by atoms with Crippen molar-refractivity contribution in [1.29, 1.82) is 0 Å². The summed E-state index contributed by atoms with van der Waals surface area (Å²) in [6.07, 6.45) is 3.27. The van der Waals surface area contributed by atoms with Crippen LogP contribution in [0.5, 0.6) is 0 Å². The van der Waals surface area contributed by atoms with E-state index in [-0.39, 0.29) is 5.91 Å². The van der Waals surface area contributed by atoms with Crippen LogP contribution < -0.4 is 5.73 Å². The zero-order chi connectivity index (χ0) is 13.6. The first-order valence-electron chi connectivity index (χ1n) is 5.74. The standard InChI is InChI=1S/C12H12N6O/c1-7-10(13)6-18(16-7)12(19)9-3-4-17-8(2)14-15-11(17)5-9/h3-6H,13H2,1-2H3. The van der Waals surface area contributed by atoms with Crippen molar-refractivity contribution in [1.82, 2.24) is 24.4 Å². The molecule has 0 saturated heterocycles. The molecule has 0 unspecified atom stereocenters. The summed E-state index contributed by atoms with van der Waals surface area (Å²) in [5.41, 5.74) is 7.93. The Morgan fingerprint density at radius 3 is 2.79 bits per heavy atom. The fraction of sp³-hybridized carbons (Fsp3) is 0.167. The summed E-state index contributed by atoms with van der Waals surface area (Å²) in [7, 11) is 0. The third-order valence-electron chi connectivity index (χ3n) is 2.97. The highest BCUT2D eigenvalue weighted by molar-refractivity contribution is 5.96. The van der Waals surface area contributed by atoms with Crippen molar-refractivity contribution in [2.45, 2.75) is 13.8 Å². The molecule has 0 fully saturated rings. The number of aromatic nitrogens is 5. The van der Waals surface area contributed by atoms with Crippen LogP contribution in [0.2, 0.25) is 0 Å². The molecule has 0 amide bonds. The number of anilines is 1. The topological polar surface area (TPSA) is 91.1 Å². The van der Waals surface area contributed by atoms with E-state index in [1.54, 1.807) is 29.7 Å². The third kappa shape index (κ3) is 1.75. The van der Waals surface area contributed by atoms with Gasteiger partial charge in [-0.05, 0) is 26.0 Å². The highest BCUT2D eigenvalue weighted by Gasteiger charge is 2.13. The highest BCUT2D eigenvalue weighted by atomic mass is 16.2. The zero-order valence-corrected chi connectivity index (χ0v) is 10.5. The summed E-state index contributed by atoms with van der Waals surface area (Å²) >= 11 is 0. The van der Waals surface area contributed by atoms with Gasteiger partial charge in [-0.3, -0.25) is 9.20 Å². The van der Waals surface area contributed by atoms with Crippen LogP contribution in [0.1, 0.15) is 21.9 Å². The number of pyridine rings is 1. The Morgan fingerprint density at radius 1 is 1.32 bits per heavy atom. The maximum absolute atomic E-state index is 12.2. The summed E-state index contributed by atoms with van der Waals surface area (Å²) in [6, 6.07) is 3.38. The number of hydrogen-bond donors (Lipinski definition) is 1. The monoisotopic (exact) mass is 256 g/mol. The van der Waals surface area contributed by atoms with E-state index in [0.29, 0.717) is 22.6 Å². The summed E-state index contributed by atoms with van der Waals surface area (Å²) in [5.74, 6) is 0.524. The first kappa shape index (κ1) is 11.4. The molecule has 0 bridgehead atoms. The van der Waals surface area contributed by atoms with Crippen LogP contribution in [0, 0.1) is 13.8 Å². The molecule has 96 valence electrons. The number of aryl methyl sites for hydroxylation is 2. The number of hydrogen-bond acceptors (Lipinski definition) is 5. The second-order valence-corrected chi connectivity index (χ2v) is 4.31. The Bertz CT molecular complexity index is 765. The van der Waals surface area contributed by atoms with Crippen LogP contribution in [0.15, 0.2) is 24.5 Å². The molecule has 0 radical (unpaired) electrons. The van der Waals surface area contributed by atoms with Crippen LogP contribution in [-0.4, -0.2) is 30.3 Å². The molecule has 3 aromatic rings. The van der Waals surface area contributed by atoms with E-state index in [0.717, 1.165) is 5.82 Å². The molecule has 0 aliphatic heterocycles. The van der Waals surface area contributed by atoms with Crippen molar-refractivity contribution in [3.8, 4) is 0 Å². The molecular weight excluding hydrogens is 244 g/mol.